The lowest BCUT2D eigenvalue weighted by Crippen LogP contribution is -2.43. The fourth-order valence-electron chi connectivity index (χ4n) is 5.72. The number of aromatic hydroxyl groups is 1. The Bertz CT molecular complexity index is 799. The first-order valence-electron chi connectivity index (χ1n) is 9.32. The zero-order valence-electron chi connectivity index (χ0n) is 15.6. The van der Waals surface area contributed by atoms with Gasteiger partial charge in [-0.05, 0) is 85.0 Å². The molecule has 0 unspecified atom stereocenters. The van der Waals surface area contributed by atoms with Gasteiger partial charge in [-0.3, -0.25) is 9.11 Å². The summed E-state index contributed by atoms with van der Waals surface area (Å²) in [4.78, 5) is 0. The molecule has 2 fully saturated rings. The third-order valence-electron chi connectivity index (χ3n) is 6.97. The molecule has 7 nitrogen and oxygen atoms in total. The second-order valence-electron chi connectivity index (χ2n) is 8.22. The molecule has 0 spiro atoms. The minimum Gasteiger partial charge on any atom is -0.504 e. The minimum absolute atomic E-state index is 0.116. The highest BCUT2D eigenvalue weighted by Crippen LogP contribution is 2.61. The number of fused-ring (bicyclic) bond motifs is 5. The minimum atomic E-state index is -4.67. The van der Waals surface area contributed by atoms with Crippen LogP contribution in [0.2, 0.25) is 0 Å². The van der Waals surface area contributed by atoms with E-state index < -0.39 is 10.4 Å². The predicted molar refractivity (Wildman–Crippen MR) is 99.5 cm³/mol. The maximum absolute atomic E-state index is 10.4. The van der Waals surface area contributed by atoms with Crippen LogP contribution in [0.25, 0.3) is 0 Å². The molecule has 1 aromatic carbocycles. The van der Waals surface area contributed by atoms with E-state index in [-0.39, 0.29) is 17.3 Å². The Morgan fingerprint density at radius 2 is 1.81 bits per heavy atom. The van der Waals surface area contributed by atoms with Gasteiger partial charge in [-0.25, -0.2) is 0 Å². The van der Waals surface area contributed by atoms with E-state index in [1.54, 1.807) is 7.11 Å². The number of benzene rings is 1. The van der Waals surface area contributed by atoms with Gasteiger partial charge >= 0.3 is 10.4 Å². The van der Waals surface area contributed by atoms with Gasteiger partial charge in [0.2, 0.25) is 0 Å². The molecule has 0 radical (unpaired) electrons. The Morgan fingerprint density at radius 1 is 1.15 bits per heavy atom. The maximum Gasteiger partial charge on any atom is 0.394 e. The van der Waals surface area contributed by atoms with Gasteiger partial charge in [0.25, 0.3) is 0 Å². The topological polar surface area (TPSA) is 124 Å². The van der Waals surface area contributed by atoms with E-state index in [4.69, 9.17) is 22.3 Å². The molecule has 2 saturated carbocycles. The molecule has 27 heavy (non-hydrogen) atoms. The molecule has 5 atom stereocenters. The van der Waals surface area contributed by atoms with Crippen molar-refractivity contribution in [2.45, 2.75) is 57.5 Å². The highest BCUT2D eigenvalue weighted by atomic mass is 32.3. The summed E-state index contributed by atoms with van der Waals surface area (Å²) in [7, 11) is -3.05. The summed E-state index contributed by atoms with van der Waals surface area (Å²) in [5.41, 5.74) is 2.80. The Labute approximate surface area is 159 Å². The van der Waals surface area contributed by atoms with E-state index >= 15 is 0 Å². The monoisotopic (exact) mass is 400 g/mol. The van der Waals surface area contributed by atoms with E-state index in [1.165, 1.54) is 24.0 Å². The molecule has 4 rings (SSSR count). The summed E-state index contributed by atoms with van der Waals surface area (Å²) in [6, 6.07) is 3.97. The van der Waals surface area contributed by atoms with Crippen molar-refractivity contribution in [3.8, 4) is 11.5 Å². The average Bonchev–Trinajstić information content (AvgIpc) is 2.88. The van der Waals surface area contributed by atoms with Crippen molar-refractivity contribution >= 4 is 10.4 Å². The first-order valence-corrected chi connectivity index (χ1v) is 10.7. The van der Waals surface area contributed by atoms with Crippen LogP contribution in [0.3, 0.4) is 0 Å². The van der Waals surface area contributed by atoms with E-state index in [1.807, 2.05) is 6.07 Å². The summed E-state index contributed by atoms with van der Waals surface area (Å²) < 4.78 is 36.9. The summed E-state index contributed by atoms with van der Waals surface area (Å²) in [5.74, 6) is 2.75. The molecule has 0 aromatic heterocycles. The van der Waals surface area contributed by atoms with E-state index in [2.05, 4.69) is 13.0 Å². The molecule has 8 heteroatoms. The van der Waals surface area contributed by atoms with Crippen molar-refractivity contribution in [1.82, 2.24) is 0 Å². The highest BCUT2D eigenvalue weighted by molar-refractivity contribution is 7.79. The molecule has 4 N–H and O–H groups in total. The van der Waals surface area contributed by atoms with Gasteiger partial charge in [-0.1, -0.05) is 6.92 Å². The van der Waals surface area contributed by atoms with Crippen LogP contribution in [-0.2, 0) is 16.8 Å². The van der Waals surface area contributed by atoms with Gasteiger partial charge in [-0.15, -0.1) is 0 Å². The van der Waals surface area contributed by atoms with Crippen LogP contribution >= 0.6 is 0 Å². The van der Waals surface area contributed by atoms with Crippen molar-refractivity contribution in [1.29, 1.82) is 0 Å². The molecule has 0 saturated heterocycles. The third-order valence-corrected chi connectivity index (χ3v) is 6.97. The number of rotatable bonds is 1. The number of ether oxygens (including phenoxy) is 1. The van der Waals surface area contributed by atoms with Crippen molar-refractivity contribution < 1.29 is 32.5 Å². The molecule has 0 aliphatic heterocycles. The van der Waals surface area contributed by atoms with Crippen LogP contribution in [0.4, 0.5) is 0 Å². The predicted octanol–water partition coefficient (Wildman–Crippen LogP) is 2.97. The molecule has 0 heterocycles. The number of phenolic OH excluding ortho intramolecular Hbond substituents is 1. The quantitative estimate of drug-likeness (QED) is 0.534. The van der Waals surface area contributed by atoms with Gasteiger partial charge in [0.15, 0.2) is 11.5 Å². The Hall–Kier alpha value is -1.35. The van der Waals surface area contributed by atoms with Crippen LogP contribution in [0.1, 0.15) is 56.1 Å². The molecular weight excluding hydrogens is 372 g/mol. The van der Waals surface area contributed by atoms with E-state index in [0.717, 1.165) is 25.7 Å². The lowest BCUT2D eigenvalue weighted by molar-refractivity contribution is -0.0226. The second-order valence-corrected chi connectivity index (χ2v) is 9.12. The van der Waals surface area contributed by atoms with Gasteiger partial charge in [0.1, 0.15) is 0 Å². The lowest BCUT2D eigenvalue weighted by atomic mass is 9.55. The SMILES string of the molecule is COc1cc2c(cc1O)CC[C@@H]1[C@@H]2CC[C@]2(C)[C@H](O)CC[C@@H]12.O=S(=O)(O)O. The van der Waals surface area contributed by atoms with Gasteiger partial charge < -0.3 is 14.9 Å². The van der Waals surface area contributed by atoms with Crippen LogP contribution in [0.5, 0.6) is 11.5 Å². The summed E-state index contributed by atoms with van der Waals surface area (Å²) in [6.07, 6.45) is 6.51. The van der Waals surface area contributed by atoms with E-state index in [9.17, 15) is 10.2 Å². The normalized spacial score (nSPS) is 34.6. The fourth-order valence-corrected chi connectivity index (χ4v) is 5.72. The first-order chi connectivity index (χ1) is 12.5. The number of methoxy groups -OCH3 is 1. The number of aryl methyl sites for hydroxylation is 1. The Morgan fingerprint density at radius 3 is 2.44 bits per heavy atom. The van der Waals surface area contributed by atoms with Crippen LogP contribution < -0.4 is 4.74 Å². The molecule has 0 amide bonds. The highest BCUT2D eigenvalue weighted by Gasteiger charge is 2.54. The lowest BCUT2D eigenvalue weighted by Gasteiger charge is -2.50. The maximum atomic E-state index is 10.4. The number of hydrogen-bond acceptors (Lipinski definition) is 5. The molecular formula is C19H28O7S. The van der Waals surface area contributed by atoms with E-state index in [0.29, 0.717) is 23.5 Å². The zero-order valence-corrected chi connectivity index (χ0v) is 16.4. The number of aliphatic hydroxyl groups excluding tert-OH is 1. The summed E-state index contributed by atoms with van der Waals surface area (Å²) in [6.45, 7) is 2.30. The fraction of sp³-hybridized carbons (Fsp3) is 0.684. The number of aliphatic hydroxyl groups is 1. The largest absolute Gasteiger partial charge is 0.504 e. The number of hydrogen-bond donors (Lipinski definition) is 4. The van der Waals surface area contributed by atoms with Gasteiger partial charge in [0.05, 0.1) is 13.2 Å². The first kappa shape index (κ1) is 20.4. The standard InChI is InChI=1S/C19H26O3.H2O4S/c1-19-8-7-12-13(15(19)5-6-18(19)21)4-3-11-9-16(20)17(22-2)10-14(11)12;1-5(2,3)4/h9-10,12-13,15,18,20-21H,3-8H2,1-2H3;(H2,1,2,3,4)/t12-,13+,15-,18+,19-;/m0./s1. The molecule has 3 aliphatic rings. The van der Waals surface area contributed by atoms with Crippen molar-refractivity contribution in [2.75, 3.05) is 7.11 Å². The smallest absolute Gasteiger partial charge is 0.394 e. The Balaban J connectivity index is 0.000000376. The van der Waals surface area contributed by atoms with Gasteiger partial charge in [0, 0.05) is 0 Å². The van der Waals surface area contributed by atoms with Crippen molar-refractivity contribution in [3.63, 3.8) is 0 Å². The zero-order chi connectivity index (χ0) is 20.0. The van der Waals surface area contributed by atoms with Crippen molar-refractivity contribution in [3.05, 3.63) is 23.3 Å². The van der Waals surface area contributed by atoms with Crippen LogP contribution in [-0.4, -0.2) is 41.0 Å². The second kappa shape index (κ2) is 7.24. The molecule has 1 aromatic rings. The molecule has 152 valence electrons. The third kappa shape index (κ3) is 3.94. The van der Waals surface area contributed by atoms with Crippen molar-refractivity contribution in [2.24, 2.45) is 17.3 Å². The van der Waals surface area contributed by atoms with Crippen LogP contribution in [0, 0.1) is 17.3 Å². The average molecular weight is 400 g/mol. The molecule has 3 aliphatic carbocycles. The molecule has 0 bridgehead atoms. The van der Waals surface area contributed by atoms with Crippen LogP contribution in [0.15, 0.2) is 12.1 Å². The Kier molecular flexibility index (Phi) is 5.46. The van der Waals surface area contributed by atoms with Gasteiger partial charge in [-0.2, -0.15) is 8.42 Å². The number of phenols is 1. The summed E-state index contributed by atoms with van der Waals surface area (Å²) in [5, 5.41) is 20.5. The summed E-state index contributed by atoms with van der Waals surface area (Å²) >= 11 is 0.